The van der Waals surface area contributed by atoms with Crippen LogP contribution in [0.1, 0.15) is 19.0 Å². The fourth-order valence-electron chi connectivity index (χ4n) is 2.22. The molecule has 0 saturated carbocycles. The van der Waals surface area contributed by atoms with Gasteiger partial charge >= 0.3 is 0 Å². The first-order valence-electron chi connectivity index (χ1n) is 6.68. The third kappa shape index (κ3) is 3.06. The molecule has 0 amide bonds. The molecule has 2 heterocycles. The summed E-state index contributed by atoms with van der Waals surface area (Å²) in [5, 5.41) is 6.48. The van der Waals surface area contributed by atoms with Gasteiger partial charge in [-0.3, -0.25) is 0 Å². The van der Waals surface area contributed by atoms with Gasteiger partial charge in [-0.2, -0.15) is 0 Å². The van der Waals surface area contributed by atoms with Gasteiger partial charge in [0.15, 0.2) is 0 Å². The monoisotopic (exact) mass is 292 g/mol. The molecule has 1 aliphatic rings. The standard InChI is InChI=1S/C15H17FN2OS/c1-15(6-7-19-10-15)17-8-13-9-20-14(18-13)11-2-4-12(16)5-3-11/h2-5,9,17H,6-8,10H2,1H3. The molecule has 0 bridgehead atoms. The van der Waals surface area contributed by atoms with E-state index < -0.39 is 0 Å². The zero-order chi connectivity index (χ0) is 14.0. The highest BCUT2D eigenvalue weighted by Crippen LogP contribution is 2.24. The van der Waals surface area contributed by atoms with Crippen LogP contribution in [0.3, 0.4) is 0 Å². The number of nitrogens with zero attached hydrogens (tertiary/aromatic N) is 1. The Bertz CT molecular complexity index is 576. The zero-order valence-electron chi connectivity index (χ0n) is 11.4. The number of hydrogen-bond acceptors (Lipinski definition) is 4. The first kappa shape index (κ1) is 13.7. The highest BCUT2D eigenvalue weighted by Gasteiger charge is 2.28. The van der Waals surface area contributed by atoms with Crippen LogP contribution in [0.5, 0.6) is 0 Å². The average Bonchev–Trinajstić information content (AvgIpc) is 3.07. The summed E-state index contributed by atoms with van der Waals surface area (Å²) in [6, 6.07) is 6.45. The SMILES string of the molecule is CC1(NCc2csc(-c3ccc(F)cc3)n2)CCOC1. The third-order valence-corrected chi connectivity index (χ3v) is 4.50. The molecular weight excluding hydrogens is 275 g/mol. The van der Waals surface area contributed by atoms with Crippen molar-refractivity contribution in [2.45, 2.75) is 25.4 Å². The van der Waals surface area contributed by atoms with Crippen molar-refractivity contribution < 1.29 is 9.13 Å². The lowest BCUT2D eigenvalue weighted by molar-refractivity contribution is 0.171. The van der Waals surface area contributed by atoms with Crippen molar-refractivity contribution in [2.24, 2.45) is 0 Å². The van der Waals surface area contributed by atoms with Crippen LogP contribution in [0.4, 0.5) is 4.39 Å². The maximum atomic E-state index is 12.9. The van der Waals surface area contributed by atoms with E-state index in [1.165, 1.54) is 12.1 Å². The van der Waals surface area contributed by atoms with E-state index in [1.54, 1.807) is 23.5 Å². The Labute approximate surface area is 121 Å². The fourth-order valence-corrected chi connectivity index (χ4v) is 3.05. The number of nitrogens with one attached hydrogen (secondary N) is 1. The quantitative estimate of drug-likeness (QED) is 0.939. The number of thiazole rings is 1. The second kappa shape index (κ2) is 5.60. The fraction of sp³-hybridized carbons (Fsp3) is 0.400. The van der Waals surface area contributed by atoms with Crippen LogP contribution in [-0.4, -0.2) is 23.7 Å². The Morgan fingerprint density at radius 3 is 2.90 bits per heavy atom. The first-order chi connectivity index (χ1) is 9.65. The molecule has 20 heavy (non-hydrogen) atoms. The van der Waals surface area contributed by atoms with Crippen LogP contribution < -0.4 is 5.32 Å². The first-order valence-corrected chi connectivity index (χ1v) is 7.56. The minimum absolute atomic E-state index is 0.0552. The summed E-state index contributed by atoms with van der Waals surface area (Å²) in [7, 11) is 0. The molecule has 0 spiro atoms. The molecule has 106 valence electrons. The summed E-state index contributed by atoms with van der Waals surface area (Å²) in [5.41, 5.74) is 2.03. The third-order valence-electron chi connectivity index (χ3n) is 3.56. The van der Waals surface area contributed by atoms with Gasteiger partial charge in [-0.1, -0.05) is 0 Å². The van der Waals surface area contributed by atoms with Crippen LogP contribution in [0.15, 0.2) is 29.6 Å². The number of hydrogen-bond donors (Lipinski definition) is 1. The van der Waals surface area contributed by atoms with E-state index in [2.05, 4.69) is 17.2 Å². The Balaban J connectivity index is 1.66. The molecule has 5 heteroatoms. The number of halogens is 1. The van der Waals surface area contributed by atoms with Gasteiger partial charge in [-0.25, -0.2) is 9.37 Å². The van der Waals surface area contributed by atoms with Gasteiger partial charge < -0.3 is 10.1 Å². The summed E-state index contributed by atoms with van der Waals surface area (Å²) in [4.78, 5) is 4.59. The van der Waals surface area contributed by atoms with Crippen molar-refractivity contribution in [1.29, 1.82) is 0 Å². The maximum absolute atomic E-state index is 12.9. The minimum Gasteiger partial charge on any atom is -0.379 e. The molecule has 3 nitrogen and oxygen atoms in total. The lowest BCUT2D eigenvalue weighted by atomic mass is 10.0. The second-order valence-corrected chi connectivity index (χ2v) is 6.23. The van der Waals surface area contributed by atoms with E-state index in [0.717, 1.165) is 42.4 Å². The summed E-state index contributed by atoms with van der Waals surface area (Å²) < 4.78 is 18.3. The Morgan fingerprint density at radius 1 is 1.40 bits per heavy atom. The molecule has 1 aromatic carbocycles. The predicted octanol–water partition coefficient (Wildman–Crippen LogP) is 3.22. The smallest absolute Gasteiger partial charge is 0.123 e. The molecule has 0 radical (unpaired) electrons. The molecule has 1 saturated heterocycles. The van der Waals surface area contributed by atoms with E-state index in [4.69, 9.17) is 4.74 Å². The molecule has 1 unspecified atom stereocenters. The van der Waals surface area contributed by atoms with Crippen LogP contribution in [0.2, 0.25) is 0 Å². The lowest BCUT2D eigenvalue weighted by Gasteiger charge is -2.22. The Hall–Kier alpha value is -1.30. The van der Waals surface area contributed by atoms with E-state index in [1.807, 2.05) is 5.38 Å². The molecule has 0 aliphatic carbocycles. The molecule has 3 rings (SSSR count). The average molecular weight is 292 g/mol. The molecule has 1 aliphatic heterocycles. The van der Waals surface area contributed by atoms with Crippen molar-refractivity contribution in [3.05, 3.63) is 41.2 Å². The zero-order valence-corrected chi connectivity index (χ0v) is 12.2. The Kier molecular flexibility index (Phi) is 3.83. The molecule has 1 N–H and O–H groups in total. The van der Waals surface area contributed by atoms with E-state index in [9.17, 15) is 4.39 Å². The lowest BCUT2D eigenvalue weighted by Crippen LogP contribution is -2.42. The van der Waals surface area contributed by atoms with Crippen LogP contribution in [0.25, 0.3) is 10.6 Å². The van der Waals surface area contributed by atoms with Crippen LogP contribution >= 0.6 is 11.3 Å². The van der Waals surface area contributed by atoms with E-state index >= 15 is 0 Å². The van der Waals surface area contributed by atoms with Crippen molar-refractivity contribution in [3.63, 3.8) is 0 Å². The van der Waals surface area contributed by atoms with Gasteiger partial charge in [-0.15, -0.1) is 11.3 Å². The van der Waals surface area contributed by atoms with E-state index in [-0.39, 0.29) is 11.4 Å². The van der Waals surface area contributed by atoms with Crippen molar-refractivity contribution in [3.8, 4) is 10.6 Å². The number of ether oxygens (including phenoxy) is 1. The van der Waals surface area contributed by atoms with Crippen LogP contribution in [0, 0.1) is 5.82 Å². The molecule has 1 aromatic heterocycles. The van der Waals surface area contributed by atoms with Gasteiger partial charge in [-0.05, 0) is 37.6 Å². The summed E-state index contributed by atoms with van der Waals surface area (Å²) in [6.45, 7) is 4.48. The van der Waals surface area contributed by atoms with Crippen molar-refractivity contribution in [2.75, 3.05) is 13.2 Å². The Morgan fingerprint density at radius 2 is 2.20 bits per heavy atom. The van der Waals surface area contributed by atoms with Gasteiger partial charge in [0.1, 0.15) is 10.8 Å². The number of benzene rings is 1. The summed E-state index contributed by atoms with van der Waals surface area (Å²) in [5.74, 6) is -0.221. The van der Waals surface area contributed by atoms with Gasteiger partial charge in [0, 0.05) is 29.6 Å². The van der Waals surface area contributed by atoms with Crippen molar-refractivity contribution >= 4 is 11.3 Å². The van der Waals surface area contributed by atoms with Crippen molar-refractivity contribution in [1.82, 2.24) is 10.3 Å². The molecular formula is C15H17FN2OS. The maximum Gasteiger partial charge on any atom is 0.123 e. The topological polar surface area (TPSA) is 34.2 Å². The van der Waals surface area contributed by atoms with Gasteiger partial charge in [0.05, 0.1) is 12.3 Å². The van der Waals surface area contributed by atoms with Crippen LogP contribution in [-0.2, 0) is 11.3 Å². The highest BCUT2D eigenvalue weighted by molar-refractivity contribution is 7.13. The highest BCUT2D eigenvalue weighted by atomic mass is 32.1. The number of rotatable bonds is 4. The molecule has 1 atom stereocenters. The number of aromatic nitrogens is 1. The normalized spacial score (nSPS) is 22.3. The predicted molar refractivity (Wildman–Crippen MR) is 78.2 cm³/mol. The molecule has 2 aromatic rings. The van der Waals surface area contributed by atoms with Gasteiger partial charge in [0.2, 0.25) is 0 Å². The second-order valence-electron chi connectivity index (χ2n) is 5.37. The minimum atomic E-state index is -0.221. The largest absolute Gasteiger partial charge is 0.379 e. The summed E-state index contributed by atoms with van der Waals surface area (Å²) >= 11 is 1.59. The summed E-state index contributed by atoms with van der Waals surface area (Å²) in [6.07, 6.45) is 1.03. The molecule has 1 fully saturated rings. The van der Waals surface area contributed by atoms with Gasteiger partial charge in [0.25, 0.3) is 0 Å². The van der Waals surface area contributed by atoms with E-state index in [0.29, 0.717) is 0 Å².